The standard InChI is InChI=1S/C11H18N2O/c1-9(2)13(6-7-14)11-4-5-12-8-10(11)3/h4-5,8-9,14H,6-7H2,1-3H3. The summed E-state index contributed by atoms with van der Waals surface area (Å²) in [6, 6.07) is 2.38. The van der Waals surface area contributed by atoms with E-state index in [9.17, 15) is 0 Å². The van der Waals surface area contributed by atoms with E-state index in [4.69, 9.17) is 5.11 Å². The van der Waals surface area contributed by atoms with E-state index in [1.807, 2.05) is 19.2 Å². The molecule has 14 heavy (non-hydrogen) atoms. The van der Waals surface area contributed by atoms with E-state index in [1.54, 1.807) is 6.20 Å². The monoisotopic (exact) mass is 194 g/mol. The zero-order valence-electron chi connectivity index (χ0n) is 9.07. The number of aliphatic hydroxyl groups excluding tert-OH is 1. The number of rotatable bonds is 4. The molecule has 0 unspecified atom stereocenters. The summed E-state index contributed by atoms with van der Waals surface area (Å²) >= 11 is 0. The molecule has 3 heteroatoms. The van der Waals surface area contributed by atoms with Gasteiger partial charge >= 0.3 is 0 Å². The van der Waals surface area contributed by atoms with Crippen LogP contribution in [0.25, 0.3) is 0 Å². The van der Waals surface area contributed by atoms with E-state index in [0.717, 1.165) is 11.3 Å². The second-order valence-electron chi connectivity index (χ2n) is 3.67. The van der Waals surface area contributed by atoms with Gasteiger partial charge in [-0.15, -0.1) is 0 Å². The molecule has 0 aliphatic carbocycles. The summed E-state index contributed by atoms with van der Waals surface area (Å²) in [6.07, 6.45) is 3.64. The minimum atomic E-state index is 0.180. The zero-order valence-corrected chi connectivity index (χ0v) is 9.07. The second kappa shape index (κ2) is 4.96. The number of nitrogens with zero attached hydrogens (tertiary/aromatic N) is 2. The fourth-order valence-electron chi connectivity index (χ4n) is 1.55. The van der Waals surface area contributed by atoms with Gasteiger partial charge in [0.25, 0.3) is 0 Å². The fraction of sp³-hybridized carbons (Fsp3) is 0.545. The Balaban J connectivity index is 2.93. The SMILES string of the molecule is Cc1cnccc1N(CCO)C(C)C. The molecule has 0 radical (unpaired) electrons. The topological polar surface area (TPSA) is 36.4 Å². The van der Waals surface area contributed by atoms with Gasteiger partial charge in [0.05, 0.1) is 6.61 Å². The Bertz CT molecular complexity index is 286. The summed E-state index contributed by atoms with van der Waals surface area (Å²) in [5.74, 6) is 0. The van der Waals surface area contributed by atoms with Crippen LogP contribution < -0.4 is 4.90 Å². The van der Waals surface area contributed by atoms with Gasteiger partial charge in [-0.05, 0) is 32.4 Å². The van der Waals surface area contributed by atoms with Crippen LogP contribution in [0.2, 0.25) is 0 Å². The number of aryl methyl sites for hydroxylation is 1. The minimum Gasteiger partial charge on any atom is -0.395 e. The highest BCUT2D eigenvalue weighted by Gasteiger charge is 2.11. The molecular weight excluding hydrogens is 176 g/mol. The van der Waals surface area contributed by atoms with Crippen molar-refractivity contribution >= 4 is 5.69 Å². The van der Waals surface area contributed by atoms with Crippen LogP contribution in [-0.4, -0.2) is 29.3 Å². The molecule has 1 rings (SSSR count). The van der Waals surface area contributed by atoms with E-state index in [-0.39, 0.29) is 6.61 Å². The molecule has 1 aromatic rings. The highest BCUT2D eigenvalue weighted by Crippen LogP contribution is 2.19. The number of aromatic nitrogens is 1. The van der Waals surface area contributed by atoms with Crippen LogP contribution in [0.4, 0.5) is 5.69 Å². The van der Waals surface area contributed by atoms with Crippen LogP contribution >= 0.6 is 0 Å². The molecule has 1 heterocycles. The number of pyridine rings is 1. The lowest BCUT2D eigenvalue weighted by molar-refractivity contribution is 0.299. The second-order valence-corrected chi connectivity index (χ2v) is 3.67. The van der Waals surface area contributed by atoms with E-state index in [2.05, 4.69) is 23.7 Å². The molecule has 1 N–H and O–H groups in total. The molecule has 0 fully saturated rings. The normalized spacial score (nSPS) is 10.6. The van der Waals surface area contributed by atoms with Gasteiger partial charge in [0.2, 0.25) is 0 Å². The minimum absolute atomic E-state index is 0.180. The van der Waals surface area contributed by atoms with Crippen molar-refractivity contribution in [1.29, 1.82) is 0 Å². The molecule has 0 saturated heterocycles. The summed E-state index contributed by atoms with van der Waals surface area (Å²) in [5.41, 5.74) is 2.30. The molecule has 1 aromatic heterocycles. The predicted octanol–water partition coefficient (Wildman–Crippen LogP) is 1.60. The van der Waals surface area contributed by atoms with Gasteiger partial charge in [0, 0.05) is 30.7 Å². The van der Waals surface area contributed by atoms with Crippen molar-refractivity contribution in [3.05, 3.63) is 24.0 Å². The molecule has 0 spiro atoms. The molecule has 0 aliphatic rings. The van der Waals surface area contributed by atoms with Crippen LogP contribution in [0.1, 0.15) is 19.4 Å². The molecule has 78 valence electrons. The quantitative estimate of drug-likeness (QED) is 0.791. The van der Waals surface area contributed by atoms with E-state index < -0.39 is 0 Å². The van der Waals surface area contributed by atoms with E-state index >= 15 is 0 Å². The average molecular weight is 194 g/mol. The zero-order chi connectivity index (χ0) is 10.6. The largest absolute Gasteiger partial charge is 0.395 e. The van der Waals surface area contributed by atoms with Crippen LogP contribution in [0, 0.1) is 6.92 Å². The summed E-state index contributed by atoms with van der Waals surface area (Å²) in [7, 11) is 0. The third kappa shape index (κ3) is 2.45. The van der Waals surface area contributed by atoms with Gasteiger partial charge in [0.1, 0.15) is 0 Å². The Morgan fingerprint density at radius 1 is 1.50 bits per heavy atom. The first-order valence-corrected chi connectivity index (χ1v) is 4.95. The summed E-state index contributed by atoms with van der Waals surface area (Å²) in [5, 5.41) is 8.98. The van der Waals surface area contributed by atoms with Crippen molar-refractivity contribution < 1.29 is 5.11 Å². The van der Waals surface area contributed by atoms with Gasteiger partial charge in [-0.2, -0.15) is 0 Å². The summed E-state index contributed by atoms with van der Waals surface area (Å²) < 4.78 is 0. The maximum Gasteiger partial charge on any atom is 0.0606 e. The summed E-state index contributed by atoms with van der Waals surface area (Å²) in [4.78, 5) is 6.24. The maximum absolute atomic E-state index is 8.98. The molecule has 0 aromatic carbocycles. The van der Waals surface area contributed by atoms with Crippen LogP contribution in [-0.2, 0) is 0 Å². The Morgan fingerprint density at radius 2 is 2.21 bits per heavy atom. The first-order chi connectivity index (χ1) is 6.66. The van der Waals surface area contributed by atoms with E-state index in [0.29, 0.717) is 12.6 Å². The summed E-state index contributed by atoms with van der Waals surface area (Å²) in [6.45, 7) is 7.13. The van der Waals surface area contributed by atoms with Gasteiger partial charge < -0.3 is 10.0 Å². The van der Waals surface area contributed by atoms with Crippen LogP contribution in [0.15, 0.2) is 18.5 Å². The van der Waals surface area contributed by atoms with Crippen molar-refractivity contribution in [2.75, 3.05) is 18.1 Å². The Hall–Kier alpha value is -1.09. The highest BCUT2D eigenvalue weighted by molar-refractivity contribution is 5.52. The number of hydrogen-bond donors (Lipinski definition) is 1. The Morgan fingerprint density at radius 3 is 2.71 bits per heavy atom. The molecule has 0 atom stereocenters. The maximum atomic E-state index is 8.98. The molecule has 0 bridgehead atoms. The Kier molecular flexibility index (Phi) is 3.89. The van der Waals surface area contributed by atoms with Crippen molar-refractivity contribution in [2.45, 2.75) is 26.8 Å². The fourth-order valence-corrected chi connectivity index (χ4v) is 1.55. The van der Waals surface area contributed by atoms with Gasteiger partial charge in [0.15, 0.2) is 0 Å². The van der Waals surface area contributed by atoms with Crippen LogP contribution in [0.3, 0.4) is 0 Å². The van der Waals surface area contributed by atoms with Crippen molar-refractivity contribution in [1.82, 2.24) is 4.98 Å². The van der Waals surface area contributed by atoms with Crippen LogP contribution in [0.5, 0.6) is 0 Å². The van der Waals surface area contributed by atoms with Gasteiger partial charge in [-0.3, -0.25) is 4.98 Å². The first-order valence-electron chi connectivity index (χ1n) is 4.95. The number of hydrogen-bond acceptors (Lipinski definition) is 3. The highest BCUT2D eigenvalue weighted by atomic mass is 16.3. The third-order valence-electron chi connectivity index (χ3n) is 2.26. The van der Waals surface area contributed by atoms with Gasteiger partial charge in [-0.1, -0.05) is 0 Å². The smallest absolute Gasteiger partial charge is 0.0606 e. The first kappa shape index (κ1) is 11.0. The Labute approximate surface area is 85.4 Å². The number of anilines is 1. The molecular formula is C11H18N2O. The third-order valence-corrected chi connectivity index (χ3v) is 2.26. The van der Waals surface area contributed by atoms with Gasteiger partial charge in [-0.25, -0.2) is 0 Å². The molecule has 3 nitrogen and oxygen atoms in total. The number of aliphatic hydroxyl groups is 1. The molecule has 0 amide bonds. The van der Waals surface area contributed by atoms with E-state index in [1.165, 1.54) is 0 Å². The van der Waals surface area contributed by atoms with Crippen molar-refractivity contribution in [3.8, 4) is 0 Å². The lowest BCUT2D eigenvalue weighted by Gasteiger charge is -2.29. The predicted molar refractivity (Wildman–Crippen MR) is 58.5 cm³/mol. The van der Waals surface area contributed by atoms with Crippen molar-refractivity contribution in [2.24, 2.45) is 0 Å². The lowest BCUT2D eigenvalue weighted by atomic mass is 10.2. The molecule has 0 saturated carbocycles. The average Bonchev–Trinajstić information content (AvgIpc) is 2.15. The lowest BCUT2D eigenvalue weighted by Crippen LogP contribution is -2.33. The van der Waals surface area contributed by atoms with Crippen molar-refractivity contribution in [3.63, 3.8) is 0 Å². The molecule has 0 aliphatic heterocycles.